The van der Waals surface area contributed by atoms with Crippen LogP contribution in [0.25, 0.3) is 0 Å². The first-order valence-electron chi connectivity index (χ1n) is 10.4. The first-order valence-corrected chi connectivity index (χ1v) is 12.2. The van der Waals surface area contributed by atoms with Crippen molar-refractivity contribution in [3.8, 4) is 23.0 Å². The lowest BCUT2D eigenvalue weighted by atomic mass is 10.1. The van der Waals surface area contributed by atoms with Crippen molar-refractivity contribution in [1.29, 1.82) is 0 Å². The summed E-state index contributed by atoms with van der Waals surface area (Å²) >= 11 is 6.27. The molecule has 2 aliphatic heterocycles. The molecule has 0 atom stereocenters. The average Bonchev–Trinajstić information content (AvgIpc) is 2.83. The molecule has 0 aliphatic carbocycles. The molecule has 0 bridgehead atoms. The van der Waals surface area contributed by atoms with E-state index >= 15 is 0 Å². The van der Waals surface area contributed by atoms with Gasteiger partial charge in [-0.2, -0.15) is 4.31 Å². The predicted molar refractivity (Wildman–Crippen MR) is 121 cm³/mol. The highest BCUT2D eigenvalue weighted by atomic mass is 35.5. The highest BCUT2D eigenvalue weighted by Crippen LogP contribution is 2.38. The number of carbonyl (C=O) groups excluding carboxylic acids is 1. The summed E-state index contributed by atoms with van der Waals surface area (Å²) in [5, 5.41) is 0.401. The van der Waals surface area contributed by atoms with Crippen LogP contribution in [-0.4, -0.2) is 77.1 Å². The summed E-state index contributed by atoms with van der Waals surface area (Å²) in [5.74, 6) is 1.57. The fraction of sp³-hybridized carbons (Fsp3) is 0.409. The molecule has 0 N–H and O–H groups in total. The lowest BCUT2D eigenvalue weighted by Crippen LogP contribution is -2.50. The van der Waals surface area contributed by atoms with Gasteiger partial charge in [0.2, 0.25) is 15.9 Å². The molecular formula is C22H25ClN2O7S. The van der Waals surface area contributed by atoms with Crippen molar-refractivity contribution in [2.75, 3.05) is 53.6 Å². The number of carbonyl (C=O) groups is 1. The van der Waals surface area contributed by atoms with Crippen LogP contribution in [0.2, 0.25) is 5.02 Å². The number of nitrogens with zero attached hydrogens (tertiary/aromatic N) is 2. The van der Waals surface area contributed by atoms with Crippen molar-refractivity contribution in [1.82, 2.24) is 9.21 Å². The molecule has 33 heavy (non-hydrogen) atoms. The van der Waals surface area contributed by atoms with Gasteiger partial charge in [-0.25, -0.2) is 8.42 Å². The maximum absolute atomic E-state index is 13.2. The molecule has 2 heterocycles. The topological polar surface area (TPSA) is 94.6 Å². The van der Waals surface area contributed by atoms with Crippen LogP contribution in [0.15, 0.2) is 35.2 Å². The lowest BCUT2D eigenvalue weighted by Gasteiger charge is -2.34. The Balaban J connectivity index is 1.43. The Hall–Kier alpha value is -2.69. The summed E-state index contributed by atoms with van der Waals surface area (Å²) in [6.45, 7) is 1.77. The van der Waals surface area contributed by atoms with E-state index in [1.165, 1.54) is 24.6 Å². The number of piperazine rings is 1. The van der Waals surface area contributed by atoms with Crippen LogP contribution >= 0.6 is 11.6 Å². The Morgan fingerprint density at radius 2 is 1.76 bits per heavy atom. The summed E-state index contributed by atoms with van der Waals surface area (Å²) < 4.78 is 49.3. The van der Waals surface area contributed by atoms with Gasteiger partial charge in [-0.15, -0.1) is 0 Å². The molecule has 2 aromatic rings. The standard InChI is InChI=1S/C22H25ClN2O7S/c1-29-16-3-4-18(30-2)20(14-16)33(27,28)25-7-5-24(6-8-25)21(26)13-15-11-17(23)22-19(12-15)31-9-10-32-22/h3-4,11-12,14H,5-10,13H2,1-2H3. The summed E-state index contributed by atoms with van der Waals surface area (Å²) in [6, 6.07) is 8.09. The number of fused-ring (bicyclic) bond motifs is 1. The molecule has 1 saturated heterocycles. The molecule has 0 radical (unpaired) electrons. The third-order valence-electron chi connectivity index (χ3n) is 5.59. The average molecular weight is 497 g/mol. The highest BCUT2D eigenvalue weighted by Gasteiger charge is 2.32. The zero-order valence-corrected chi connectivity index (χ0v) is 19.9. The smallest absolute Gasteiger partial charge is 0.247 e. The molecule has 0 aromatic heterocycles. The van der Waals surface area contributed by atoms with Crippen molar-refractivity contribution < 1.29 is 32.2 Å². The number of benzene rings is 2. The van der Waals surface area contributed by atoms with Crippen LogP contribution in [-0.2, 0) is 21.2 Å². The van der Waals surface area contributed by atoms with Crippen LogP contribution in [0.5, 0.6) is 23.0 Å². The number of sulfonamides is 1. The summed E-state index contributed by atoms with van der Waals surface area (Å²) in [7, 11) is -0.931. The van der Waals surface area contributed by atoms with E-state index in [0.717, 1.165) is 0 Å². The Labute approximate surface area is 197 Å². The van der Waals surface area contributed by atoms with Gasteiger partial charge in [0.25, 0.3) is 0 Å². The van der Waals surface area contributed by atoms with Gasteiger partial charge in [-0.05, 0) is 29.8 Å². The van der Waals surface area contributed by atoms with E-state index in [9.17, 15) is 13.2 Å². The van der Waals surface area contributed by atoms with Crippen molar-refractivity contribution in [2.45, 2.75) is 11.3 Å². The fourth-order valence-corrected chi connectivity index (χ4v) is 5.74. The molecule has 0 unspecified atom stereocenters. The lowest BCUT2D eigenvalue weighted by molar-refractivity contribution is -0.131. The minimum absolute atomic E-state index is 0.0371. The number of amides is 1. The van der Waals surface area contributed by atoms with Gasteiger partial charge < -0.3 is 23.8 Å². The van der Waals surface area contributed by atoms with Gasteiger partial charge in [0, 0.05) is 32.2 Å². The number of methoxy groups -OCH3 is 2. The first-order chi connectivity index (χ1) is 15.8. The largest absolute Gasteiger partial charge is 0.497 e. The summed E-state index contributed by atoms with van der Waals surface area (Å²) in [6.07, 6.45) is 0.132. The van der Waals surface area contributed by atoms with E-state index in [2.05, 4.69) is 0 Å². The van der Waals surface area contributed by atoms with Crippen molar-refractivity contribution in [2.24, 2.45) is 0 Å². The normalized spacial score (nSPS) is 16.4. The van der Waals surface area contributed by atoms with Crippen LogP contribution in [0.4, 0.5) is 0 Å². The van der Waals surface area contributed by atoms with E-state index in [4.69, 9.17) is 30.5 Å². The molecule has 0 saturated carbocycles. The number of hydrogen-bond acceptors (Lipinski definition) is 7. The minimum Gasteiger partial charge on any atom is -0.497 e. The van der Waals surface area contributed by atoms with Gasteiger partial charge in [0.15, 0.2) is 11.5 Å². The third kappa shape index (κ3) is 4.83. The summed E-state index contributed by atoms with van der Waals surface area (Å²) in [4.78, 5) is 14.6. The van der Waals surface area contributed by atoms with Gasteiger partial charge in [-0.3, -0.25) is 4.79 Å². The molecule has 9 nitrogen and oxygen atoms in total. The Morgan fingerprint density at radius 3 is 2.45 bits per heavy atom. The van der Waals surface area contributed by atoms with Crippen LogP contribution in [0.3, 0.4) is 0 Å². The second-order valence-corrected chi connectivity index (χ2v) is 9.89. The van der Waals surface area contributed by atoms with Crippen molar-refractivity contribution >= 4 is 27.5 Å². The molecule has 1 fully saturated rings. The molecule has 0 spiro atoms. The minimum atomic E-state index is -3.82. The van der Waals surface area contributed by atoms with Crippen LogP contribution in [0.1, 0.15) is 5.56 Å². The van der Waals surface area contributed by atoms with Crippen LogP contribution < -0.4 is 18.9 Å². The van der Waals surface area contributed by atoms with Crippen molar-refractivity contribution in [3.63, 3.8) is 0 Å². The van der Waals surface area contributed by atoms with E-state index in [-0.39, 0.29) is 49.2 Å². The molecule has 1 amide bonds. The van der Waals surface area contributed by atoms with E-state index in [1.54, 1.807) is 29.2 Å². The number of hydrogen-bond donors (Lipinski definition) is 0. The molecule has 4 rings (SSSR count). The zero-order chi connectivity index (χ0) is 23.6. The highest BCUT2D eigenvalue weighted by molar-refractivity contribution is 7.89. The second-order valence-electron chi connectivity index (χ2n) is 7.58. The molecule has 178 valence electrons. The molecule has 11 heteroatoms. The van der Waals surface area contributed by atoms with Crippen LogP contribution in [0, 0.1) is 0 Å². The second kappa shape index (κ2) is 9.66. The molecule has 2 aromatic carbocycles. The maximum Gasteiger partial charge on any atom is 0.247 e. The van der Waals surface area contributed by atoms with E-state index in [1.807, 2.05) is 0 Å². The van der Waals surface area contributed by atoms with Gasteiger partial charge in [-0.1, -0.05) is 11.6 Å². The maximum atomic E-state index is 13.2. The van der Waals surface area contributed by atoms with Crippen molar-refractivity contribution in [3.05, 3.63) is 40.9 Å². The fourth-order valence-electron chi connectivity index (χ4n) is 3.86. The third-order valence-corrected chi connectivity index (χ3v) is 7.79. The predicted octanol–water partition coefficient (Wildman–Crippen LogP) is 2.20. The van der Waals surface area contributed by atoms with Gasteiger partial charge in [0.05, 0.1) is 25.7 Å². The van der Waals surface area contributed by atoms with Gasteiger partial charge >= 0.3 is 0 Å². The Bertz CT molecular complexity index is 1150. The zero-order valence-electron chi connectivity index (χ0n) is 18.4. The number of rotatable bonds is 6. The quantitative estimate of drug-likeness (QED) is 0.605. The number of halogens is 1. The summed E-state index contributed by atoms with van der Waals surface area (Å²) in [5.41, 5.74) is 0.713. The molecular weight excluding hydrogens is 472 g/mol. The number of ether oxygens (including phenoxy) is 4. The van der Waals surface area contributed by atoms with Gasteiger partial charge in [0.1, 0.15) is 29.6 Å². The first kappa shape index (κ1) is 23.5. The molecule has 2 aliphatic rings. The SMILES string of the molecule is COc1ccc(OC)c(S(=O)(=O)N2CCN(C(=O)Cc3cc(Cl)c4c(c3)OCCO4)CC2)c1. The van der Waals surface area contributed by atoms with E-state index in [0.29, 0.717) is 41.0 Å². The Morgan fingerprint density at radius 1 is 1.03 bits per heavy atom. The van der Waals surface area contributed by atoms with E-state index < -0.39 is 10.0 Å². The Kier molecular flexibility index (Phi) is 6.87. The monoisotopic (exact) mass is 496 g/mol.